The van der Waals surface area contributed by atoms with Crippen molar-refractivity contribution in [2.75, 3.05) is 25.0 Å². The molecule has 0 bridgehead atoms. The second-order valence-electron chi connectivity index (χ2n) is 4.47. The largest absolute Gasteiger partial charge is 0.373 e. The highest BCUT2D eigenvalue weighted by atomic mass is 32.2. The van der Waals surface area contributed by atoms with Crippen LogP contribution >= 0.6 is 0 Å². The summed E-state index contributed by atoms with van der Waals surface area (Å²) in [5, 5.41) is 0. The van der Waals surface area contributed by atoms with E-state index in [1.54, 1.807) is 30.3 Å². The Bertz CT molecular complexity index is 627. The maximum Gasteiger partial charge on any atom is 0.240 e. The van der Waals surface area contributed by atoms with Gasteiger partial charge < -0.3 is 4.90 Å². The molecule has 0 fully saturated rings. The van der Waals surface area contributed by atoms with Gasteiger partial charge in [0.25, 0.3) is 0 Å². The van der Waals surface area contributed by atoms with Gasteiger partial charge in [0.1, 0.15) is 0 Å². The smallest absolute Gasteiger partial charge is 0.240 e. The van der Waals surface area contributed by atoms with E-state index in [4.69, 9.17) is 0 Å². The van der Waals surface area contributed by atoms with Crippen LogP contribution in [-0.4, -0.2) is 28.6 Å². The van der Waals surface area contributed by atoms with Crippen molar-refractivity contribution in [1.29, 1.82) is 0 Å². The second kappa shape index (κ2) is 6.54. The normalized spacial score (nSPS) is 11.2. The van der Waals surface area contributed by atoms with E-state index in [9.17, 15) is 8.42 Å². The molecule has 0 heterocycles. The van der Waals surface area contributed by atoms with Crippen molar-refractivity contribution < 1.29 is 8.42 Å². The highest BCUT2D eigenvalue weighted by molar-refractivity contribution is 7.89. The lowest BCUT2D eigenvalue weighted by Crippen LogP contribution is -2.32. The van der Waals surface area contributed by atoms with Gasteiger partial charge in [-0.1, -0.05) is 36.4 Å². The second-order valence-corrected chi connectivity index (χ2v) is 6.23. The van der Waals surface area contributed by atoms with Crippen molar-refractivity contribution >= 4 is 15.7 Å². The van der Waals surface area contributed by atoms with Crippen LogP contribution in [0.5, 0.6) is 0 Å². The molecule has 0 atom stereocenters. The average Bonchev–Trinajstić information content (AvgIpc) is 2.49. The standard InChI is InChI=1S/C15H18N2O2S/c1-17(14-8-4-2-5-9-14)13-12-16-20(18,19)15-10-6-3-7-11-15/h2-11,16H,12-13H2,1H3. The number of para-hydroxylation sites is 1. The van der Waals surface area contributed by atoms with Gasteiger partial charge in [-0.2, -0.15) is 0 Å². The van der Waals surface area contributed by atoms with Crippen LogP contribution in [-0.2, 0) is 10.0 Å². The van der Waals surface area contributed by atoms with Gasteiger partial charge in [0, 0.05) is 25.8 Å². The van der Waals surface area contributed by atoms with Crippen LogP contribution in [0.2, 0.25) is 0 Å². The Hall–Kier alpha value is -1.85. The summed E-state index contributed by atoms with van der Waals surface area (Å²) in [5.74, 6) is 0. The van der Waals surface area contributed by atoms with E-state index < -0.39 is 10.0 Å². The monoisotopic (exact) mass is 290 g/mol. The maximum absolute atomic E-state index is 12.0. The molecule has 0 aromatic heterocycles. The van der Waals surface area contributed by atoms with E-state index in [-0.39, 0.29) is 0 Å². The lowest BCUT2D eigenvalue weighted by atomic mass is 10.3. The molecule has 2 aromatic carbocycles. The Balaban J connectivity index is 1.90. The molecule has 106 valence electrons. The van der Waals surface area contributed by atoms with E-state index in [0.717, 1.165) is 5.69 Å². The molecule has 1 N–H and O–H groups in total. The molecular formula is C15H18N2O2S. The molecule has 0 aliphatic rings. The predicted octanol–water partition coefficient (Wildman–Crippen LogP) is 2.10. The molecule has 0 aliphatic carbocycles. The third-order valence-electron chi connectivity index (χ3n) is 2.99. The molecule has 20 heavy (non-hydrogen) atoms. The molecule has 0 amide bonds. The van der Waals surface area contributed by atoms with E-state index in [0.29, 0.717) is 18.0 Å². The molecule has 2 aromatic rings. The summed E-state index contributed by atoms with van der Waals surface area (Å²) in [7, 11) is -1.48. The van der Waals surface area contributed by atoms with Gasteiger partial charge in [-0.15, -0.1) is 0 Å². The summed E-state index contributed by atoms with van der Waals surface area (Å²) in [5.41, 5.74) is 1.06. The summed E-state index contributed by atoms with van der Waals surface area (Å²) >= 11 is 0. The van der Waals surface area contributed by atoms with Gasteiger partial charge >= 0.3 is 0 Å². The van der Waals surface area contributed by atoms with Crippen molar-refractivity contribution in [1.82, 2.24) is 4.72 Å². The average molecular weight is 290 g/mol. The first-order chi connectivity index (χ1) is 9.59. The van der Waals surface area contributed by atoms with Crippen molar-refractivity contribution in [3.05, 3.63) is 60.7 Å². The summed E-state index contributed by atoms with van der Waals surface area (Å²) in [4.78, 5) is 2.30. The van der Waals surface area contributed by atoms with Crippen LogP contribution in [0.4, 0.5) is 5.69 Å². The zero-order valence-corrected chi connectivity index (χ0v) is 12.2. The molecule has 0 aliphatic heterocycles. The molecule has 5 heteroatoms. The molecule has 2 rings (SSSR count). The minimum absolute atomic E-state index is 0.294. The molecule has 0 spiro atoms. The quantitative estimate of drug-likeness (QED) is 0.886. The fourth-order valence-electron chi connectivity index (χ4n) is 1.84. The molecular weight excluding hydrogens is 272 g/mol. The van der Waals surface area contributed by atoms with Gasteiger partial charge in [0.05, 0.1) is 4.90 Å². The van der Waals surface area contributed by atoms with Gasteiger partial charge in [0.15, 0.2) is 0 Å². The summed E-state index contributed by atoms with van der Waals surface area (Å²) in [6, 6.07) is 18.2. The Kier molecular flexibility index (Phi) is 4.76. The number of benzene rings is 2. The topological polar surface area (TPSA) is 49.4 Å². The van der Waals surface area contributed by atoms with Gasteiger partial charge in [-0.05, 0) is 24.3 Å². The van der Waals surface area contributed by atoms with Crippen molar-refractivity contribution in [2.45, 2.75) is 4.90 Å². The Morgan fingerprint density at radius 1 is 0.950 bits per heavy atom. The lowest BCUT2D eigenvalue weighted by Gasteiger charge is -2.19. The molecule has 0 saturated heterocycles. The van der Waals surface area contributed by atoms with Crippen LogP contribution in [0.25, 0.3) is 0 Å². The number of nitrogens with zero attached hydrogens (tertiary/aromatic N) is 1. The maximum atomic E-state index is 12.0. The fourth-order valence-corrected chi connectivity index (χ4v) is 2.88. The highest BCUT2D eigenvalue weighted by Crippen LogP contribution is 2.10. The number of rotatable bonds is 6. The van der Waals surface area contributed by atoms with Crippen molar-refractivity contribution in [2.24, 2.45) is 0 Å². The zero-order valence-electron chi connectivity index (χ0n) is 11.4. The van der Waals surface area contributed by atoms with Crippen LogP contribution in [0.1, 0.15) is 0 Å². The summed E-state index contributed by atoms with van der Waals surface area (Å²) < 4.78 is 26.6. The molecule has 0 radical (unpaired) electrons. The lowest BCUT2D eigenvalue weighted by molar-refractivity contribution is 0.581. The third-order valence-corrected chi connectivity index (χ3v) is 4.47. The van der Waals surface area contributed by atoms with Crippen LogP contribution in [0, 0.1) is 0 Å². The molecule has 0 saturated carbocycles. The number of sulfonamides is 1. The van der Waals surface area contributed by atoms with Crippen molar-refractivity contribution in [3.8, 4) is 0 Å². The predicted molar refractivity (Wildman–Crippen MR) is 81.3 cm³/mol. The number of nitrogens with one attached hydrogen (secondary N) is 1. The first-order valence-corrected chi connectivity index (χ1v) is 7.89. The number of hydrogen-bond acceptors (Lipinski definition) is 3. The number of anilines is 1. The van der Waals surface area contributed by atoms with Gasteiger partial charge in [-0.3, -0.25) is 0 Å². The van der Waals surface area contributed by atoms with Crippen molar-refractivity contribution in [3.63, 3.8) is 0 Å². The first kappa shape index (κ1) is 14.6. The Morgan fingerprint density at radius 2 is 1.50 bits per heavy atom. The minimum atomic E-state index is -3.41. The third kappa shape index (κ3) is 3.82. The highest BCUT2D eigenvalue weighted by Gasteiger charge is 2.12. The summed E-state index contributed by atoms with van der Waals surface area (Å²) in [6.45, 7) is 0.971. The molecule has 0 unspecified atom stereocenters. The van der Waals surface area contributed by atoms with Gasteiger partial charge in [-0.25, -0.2) is 13.1 Å². The Labute approximate surface area is 120 Å². The van der Waals surface area contributed by atoms with E-state index in [2.05, 4.69) is 4.72 Å². The number of likely N-dealkylation sites (N-methyl/N-ethyl adjacent to an activating group) is 1. The SMILES string of the molecule is CN(CCNS(=O)(=O)c1ccccc1)c1ccccc1. The van der Waals surface area contributed by atoms with E-state index in [1.165, 1.54) is 0 Å². The van der Waals surface area contributed by atoms with Crippen LogP contribution in [0.3, 0.4) is 0 Å². The first-order valence-electron chi connectivity index (χ1n) is 6.40. The summed E-state index contributed by atoms with van der Waals surface area (Å²) in [6.07, 6.45) is 0. The molecule has 4 nitrogen and oxygen atoms in total. The fraction of sp³-hybridized carbons (Fsp3) is 0.200. The van der Waals surface area contributed by atoms with Gasteiger partial charge in [0.2, 0.25) is 10.0 Å². The number of hydrogen-bond donors (Lipinski definition) is 1. The Morgan fingerprint density at radius 3 is 2.10 bits per heavy atom. The van der Waals surface area contributed by atoms with E-state index in [1.807, 2.05) is 42.3 Å². The van der Waals surface area contributed by atoms with Crippen LogP contribution < -0.4 is 9.62 Å². The van der Waals surface area contributed by atoms with Crippen LogP contribution in [0.15, 0.2) is 65.6 Å². The zero-order chi connectivity index (χ0) is 14.4. The minimum Gasteiger partial charge on any atom is -0.373 e. The van der Waals surface area contributed by atoms with E-state index >= 15 is 0 Å².